The van der Waals surface area contributed by atoms with Crippen LogP contribution in [0, 0.1) is 0 Å². The third-order valence-electron chi connectivity index (χ3n) is 7.77. The zero-order valence-corrected chi connectivity index (χ0v) is 22.7. The minimum absolute atomic E-state index is 0.00125. The summed E-state index contributed by atoms with van der Waals surface area (Å²) in [5, 5.41) is 46.8. The summed E-state index contributed by atoms with van der Waals surface area (Å²) >= 11 is 0. The number of benzene rings is 5. The Morgan fingerprint density at radius 3 is 1.14 bits per heavy atom. The Hall–Kier alpha value is -4.66. The van der Waals surface area contributed by atoms with Gasteiger partial charge in [0.25, 0.3) is 0 Å². The van der Waals surface area contributed by atoms with Crippen LogP contribution in [0.1, 0.15) is 22.3 Å². The largest absolute Gasteiger partial charge is 0.504 e. The Bertz CT molecular complexity index is 1570. The molecule has 0 radical (unpaired) electrons. The molecule has 0 aliphatic carbocycles. The zero-order chi connectivity index (χ0) is 28.8. The second-order valence-electron chi connectivity index (χ2n) is 10.9. The Labute approximate surface area is 241 Å². The highest BCUT2D eigenvalue weighted by molar-refractivity contribution is 6.06. The second-order valence-corrected chi connectivity index (χ2v) is 10.9. The van der Waals surface area contributed by atoms with E-state index in [0.717, 1.165) is 43.8 Å². The van der Waals surface area contributed by atoms with E-state index in [1.807, 2.05) is 24.3 Å². The molecule has 0 aromatic heterocycles. The van der Waals surface area contributed by atoms with Gasteiger partial charge in [-0.3, -0.25) is 0 Å². The molecule has 2 fully saturated rings. The quantitative estimate of drug-likeness (QED) is 0.128. The van der Waals surface area contributed by atoms with Gasteiger partial charge in [-0.25, -0.2) is 0 Å². The van der Waals surface area contributed by atoms with E-state index in [4.69, 9.17) is 18.9 Å². The molecular formula is C34H30O8. The minimum Gasteiger partial charge on any atom is -0.504 e. The van der Waals surface area contributed by atoms with Crippen molar-refractivity contribution in [3.8, 4) is 34.5 Å². The lowest BCUT2D eigenvalue weighted by molar-refractivity contribution is 0.244. The zero-order valence-electron chi connectivity index (χ0n) is 22.7. The lowest BCUT2D eigenvalue weighted by Gasteiger charge is -2.18. The number of aromatic hydroxyl groups is 4. The van der Waals surface area contributed by atoms with E-state index in [-0.39, 0.29) is 59.9 Å². The lowest BCUT2D eigenvalue weighted by Crippen LogP contribution is -2.05. The van der Waals surface area contributed by atoms with Crippen LogP contribution in [0.4, 0.5) is 0 Å². The maximum absolute atomic E-state index is 10.7. The number of epoxide rings is 2. The predicted molar refractivity (Wildman–Crippen MR) is 157 cm³/mol. The standard InChI is InChI=1S/C34H30O8/c35-29-11-19(12-30(36)33(29)41-17-21-15-39-21)9-27-23-5-1-2-6-24(23)28(26-8-4-3-7-25(26)27)10-20-13-31(37)34(32(38)14-20)42-18-22-16-40-22/h1-8,11-14,21-22,35-38H,9-10,15-18H2. The van der Waals surface area contributed by atoms with E-state index in [1.165, 1.54) is 0 Å². The molecule has 8 heteroatoms. The van der Waals surface area contributed by atoms with Crippen molar-refractivity contribution < 1.29 is 39.4 Å². The van der Waals surface area contributed by atoms with Crippen molar-refractivity contribution >= 4 is 21.5 Å². The number of phenolic OH excluding ortho intramolecular Hbond substituents is 4. The number of ether oxygens (including phenoxy) is 4. The van der Waals surface area contributed by atoms with Crippen LogP contribution in [0.15, 0.2) is 72.8 Å². The molecule has 42 heavy (non-hydrogen) atoms. The van der Waals surface area contributed by atoms with Gasteiger partial charge in [0.1, 0.15) is 25.4 Å². The van der Waals surface area contributed by atoms with Crippen molar-refractivity contribution in [2.24, 2.45) is 0 Å². The van der Waals surface area contributed by atoms with Gasteiger partial charge in [0.2, 0.25) is 11.5 Å². The average molecular weight is 567 g/mol. The fourth-order valence-electron chi connectivity index (χ4n) is 5.59. The molecule has 2 saturated heterocycles. The predicted octanol–water partition coefficient (Wildman–Crippen LogP) is 5.55. The summed E-state index contributed by atoms with van der Waals surface area (Å²) in [6.07, 6.45) is 0.933. The van der Waals surface area contributed by atoms with Gasteiger partial charge in [-0.15, -0.1) is 0 Å². The SMILES string of the molecule is Oc1cc(Cc2c3ccccc3c(Cc3cc(O)c(OCC4CO4)c(O)c3)c3ccccc23)cc(O)c1OCC1CO1. The van der Waals surface area contributed by atoms with Crippen molar-refractivity contribution in [3.63, 3.8) is 0 Å². The molecule has 2 aliphatic heterocycles. The van der Waals surface area contributed by atoms with Crippen LogP contribution in [-0.2, 0) is 22.3 Å². The Kier molecular flexibility index (Phi) is 6.64. The molecule has 5 aromatic rings. The van der Waals surface area contributed by atoms with Crippen molar-refractivity contribution in [1.29, 1.82) is 0 Å². The van der Waals surface area contributed by atoms with Crippen LogP contribution >= 0.6 is 0 Å². The molecule has 2 heterocycles. The fraction of sp³-hybridized carbons (Fsp3) is 0.235. The highest BCUT2D eigenvalue weighted by atomic mass is 16.6. The normalized spacial score (nSPS) is 17.4. The van der Waals surface area contributed by atoms with E-state index in [1.54, 1.807) is 24.3 Å². The molecule has 2 atom stereocenters. The summed E-state index contributed by atoms with van der Waals surface area (Å²) in [5.74, 6) is -0.355. The van der Waals surface area contributed by atoms with Gasteiger partial charge < -0.3 is 39.4 Å². The third-order valence-corrected chi connectivity index (χ3v) is 7.77. The molecule has 5 aromatic carbocycles. The van der Waals surface area contributed by atoms with Crippen LogP contribution in [0.3, 0.4) is 0 Å². The summed E-state index contributed by atoms with van der Waals surface area (Å²) in [5.41, 5.74) is 3.59. The van der Waals surface area contributed by atoms with Crippen molar-refractivity contribution in [1.82, 2.24) is 0 Å². The minimum atomic E-state index is -0.118. The van der Waals surface area contributed by atoms with Gasteiger partial charge in [-0.2, -0.15) is 0 Å². The van der Waals surface area contributed by atoms with Gasteiger partial charge in [0.05, 0.1) is 13.2 Å². The summed E-state index contributed by atoms with van der Waals surface area (Å²) in [4.78, 5) is 0. The van der Waals surface area contributed by atoms with Crippen LogP contribution in [-0.4, -0.2) is 59.1 Å². The van der Waals surface area contributed by atoms with Gasteiger partial charge in [-0.05, 0) is 80.9 Å². The Balaban J connectivity index is 1.26. The molecule has 2 aliphatic rings. The molecule has 0 bridgehead atoms. The molecule has 214 valence electrons. The van der Waals surface area contributed by atoms with Crippen LogP contribution in [0.25, 0.3) is 21.5 Å². The van der Waals surface area contributed by atoms with E-state index >= 15 is 0 Å². The molecule has 0 amide bonds. The fourth-order valence-corrected chi connectivity index (χ4v) is 5.59. The first kappa shape index (κ1) is 26.3. The van der Waals surface area contributed by atoms with Crippen LogP contribution in [0.5, 0.6) is 34.5 Å². The first-order valence-corrected chi connectivity index (χ1v) is 13.9. The summed E-state index contributed by atoms with van der Waals surface area (Å²) < 4.78 is 21.5. The number of fused-ring (bicyclic) bond motifs is 2. The van der Waals surface area contributed by atoms with Gasteiger partial charge in [0.15, 0.2) is 23.0 Å². The molecule has 2 unspecified atom stereocenters. The molecule has 8 nitrogen and oxygen atoms in total. The number of hydrogen-bond acceptors (Lipinski definition) is 8. The van der Waals surface area contributed by atoms with Gasteiger partial charge in [0, 0.05) is 0 Å². The highest BCUT2D eigenvalue weighted by Gasteiger charge is 2.26. The van der Waals surface area contributed by atoms with E-state index in [0.29, 0.717) is 26.1 Å². The van der Waals surface area contributed by atoms with E-state index in [9.17, 15) is 20.4 Å². The van der Waals surface area contributed by atoms with E-state index < -0.39 is 0 Å². The molecule has 7 rings (SSSR count). The molecule has 0 saturated carbocycles. The monoisotopic (exact) mass is 566 g/mol. The van der Waals surface area contributed by atoms with Crippen LogP contribution in [0.2, 0.25) is 0 Å². The first-order chi connectivity index (χ1) is 20.4. The average Bonchev–Trinajstić information content (AvgIpc) is 3.90. The Morgan fingerprint density at radius 2 is 0.857 bits per heavy atom. The van der Waals surface area contributed by atoms with Gasteiger partial charge >= 0.3 is 0 Å². The first-order valence-electron chi connectivity index (χ1n) is 13.9. The number of rotatable bonds is 10. The maximum Gasteiger partial charge on any atom is 0.203 e. The highest BCUT2D eigenvalue weighted by Crippen LogP contribution is 2.42. The summed E-state index contributed by atoms with van der Waals surface area (Å²) in [6.45, 7) is 1.79. The third kappa shape index (κ3) is 5.22. The summed E-state index contributed by atoms with van der Waals surface area (Å²) in [7, 11) is 0. The Morgan fingerprint density at radius 1 is 0.548 bits per heavy atom. The molecule has 4 N–H and O–H groups in total. The lowest BCUT2D eigenvalue weighted by atomic mass is 9.86. The van der Waals surface area contributed by atoms with Crippen LogP contribution < -0.4 is 9.47 Å². The second kappa shape index (κ2) is 10.6. The van der Waals surface area contributed by atoms with Gasteiger partial charge in [-0.1, -0.05) is 48.5 Å². The topological polar surface area (TPSA) is 124 Å². The number of phenols is 4. The van der Waals surface area contributed by atoms with Crippen molar-refractivity contribution in [2.45, 2.75) is 25.0 Å². The van der Waals surface area contributed by atoms with Crippen molar-refractivity contribution in [2.75, 3.05) is 26.4 Å². The van der Waals surface area contributed by atoms with Crippen molar-refractivity contribution in [3.05, 3.63) is 95.1 Å². The molecular weight excluding hydrogens is 536 g/mol. The van der Waals surface area contributed by atoms with E-state index in [2.05, 4.69) is 24.3 Å². The molecule has 0 spiro atoms. The maximum atomic E-state index is 10.7. The number of hydrogen-bond donors (Lipinski definition) is 4. The smallest absolute Gasteiger partial charge is 0.203 e. The summed E-state index contributed by atoms with van der Waals surface area (Å²) in [6, 6.07) is 22.8.